The van der Waals surface area contributed by atoms with Crippen LogP contribution in [-0.4, -0.2) is 29.3 Å². The summed E-state index contributed by atoms with van der Waals surface area (Å²) >= 11 is 12.4. The predicted octanol–water partition coefficient (Wildman–Crippen LogP) is 5.65. The van der Waals surface area contributed by atoms with E-state index in [-0.39, 0.29) is 18.4 Å². The Labute approximate surface area is 189 Å². The highest BCUT2D eigenvalue weighted by atomic mass is 35.5. The highest BCUT2D eigenvalue weighted by Crippen LogP contribution is 2.24. The molecule has 0 heterocycles. The molecule has 2 aromatic carbocycles. The van der Waals surface area contributed by atoms with Gasteiger partial charge in [-0.1, -0.05) is 79.9 Å². The molecule has 0 aliphatic rings. The van der Waals surface area contributed by atoms with Crippen LogP contribution >= 0.6 is 23.2 Å². The van der Waals surface area contributed by atoms with Crippen molar-refractivity contribution in [1.29, 1.82) is 0 Å². The van der Waals surface area contributed by atoms with E-state index >= 15 is 0 Å². The van der Waals surface area contributed by atoms with Gasteiger partial charge in [0.1, 0.15) is 6.04 Å². The molecule has 0 fully saturated rings. The van der Waals surface area contributed by atoms with Gasteiger partial charge in [-0.25, -0.2) is 0 Å². The monoisotopic (exact) mass is 448 g/mol. The first-order chi connectivity index (χ1) is 14.5. The van der Waals surface area contributed by atoms with Crippen LogP contribution in [-0.2, 0) is 22.6 Å². The fourth-order valence-electron chi connectivity index (χ4n) is 3.30. The van der Waals surface area contributed by atoms with E-state index in [1.54, 1.807) is 17.0 Å². The molecule has 30 heavy (non-hydrogen) atoms. The fraction of sp³-hybridized carbons (Fsp3) is 0.417. The second kappa shape index (κ2) is 12.6. The molecule has 0 aliphatic heterocycles. The van der Waals surface area contributed by atoms with Gasteiger partial charge >= 0.3 is 0 Å². The first-order valence-corrected chi connectivity index (χ1v) is 11.3. The van der Waals surface area contributed by atoms with Gasteiger partial charge in [0.05, 0.1) is 0 Å². The van der Waals surface area contributed by atoms with Crippen LogP contribution < -0.4 is 5.32 Å². The maximum Gasteiger partial charge on any atom is 0.242 e. The van der Waals surface area contributed by atoms with Crippen LogP contribution in [0.5, 0.6) is 0 Å². The van der Waals surface area contributed by atoms with E-state index in [9.17, 15) is 9.59 Å². The Hall–Kier alpha value is -2.04. The standard InChI is InChI=1S/C24H30Cl2N2O2/c1-3-5-15-27-24(30)22(4-2)28(17-19-12-13-20(25)16-21(19)26)23(29)14-11-18-9-7-6-8-10-18/h6-10,12-13,16,22H,3-5,11,14-15,17H2,1-2H3,(H,27,30)/t22-/m0/s1. The molecule has 0 saturated carbocycles. The van der Waals surface area contributed by atoms with Gasteiger partial charge in [0, 0.05) is 29.6 Å². The number of nitrogens with one attached hydrogen (secondary N) is 1. The Morgan fingerprint density at radius 1 is 1.07 bits per heavy atom. The van der Waals surface area contributed by atoms with Crippen molar-refractivity contribution < 1.29 is 9.59 Å². The second-order valence-corrected chi connectivity index (χ2v) is 8.16. The summed E-state index contributed by atoms with van der Waals surface area (Å²) in [6, 6.07) is 14.5. The Kier molecular flexibility index (Phi) is 10.2. The highest BCUT2D eigenvalue weighted by Gasteiger charge is 2.28. The molecule has 1 atom stereocenters. The topological polar surface area (TPSA) is 49.4 Å². The van der Waals surface area contributed by atoms with Gasteiger partial charge in [0.2, 0.25) is 11.8 Å². The molecular weight excluding hydrogens is 419 g/mol. The molecule has 0 bridgehead atoms. The van der Waals surface area contributed by atoms with E-state index in [0.29, 0.717) is 35.9 Å². The van der Waals surface area contributed by atoms with E-state index in [2.05, 4.69) is 12.2 Å². The molecule has 0 saturated heterocycles. The van der Waals surface area contributed by atoms with Gasteiger partial charge < -0.3 is 10.2 Å². The molecule has 6 heteroatoms. The molecule has 0 unspecified atom stereocenters. The summed E-state index contributed by atoms with van der Waals surface area (Å²) in [6.07, 6.45) is 3.39. The number of hydrogen-bond acceptors (Lipinski definition) is 2. The van der Waals surface area contributed by atoms with Crippen LogP contribution in [0.2, 0.25) is 10.0 Å². The molecule has 0 aromatic heterocycles. The lowest BCUT2D eigenvalue weighted by atomic mass is 10.1. The molecule has 4 nitrogen and oxygen atoms in total. The number of hydrogen-bond donors (Lipinski definition) is 1. The quantitative estimate of drug-likeness (QED) is 0.451. The van der Waals surface area contributed by atoms with Gasteiger partial charge in [-0.2, -0.15) is 0 Å². The summed E-state index contributed by atoms with van der Waals surface area (Å²) < 4.78 is 0. The Morgan fingerprint density at radius 3 is 2.43 bits per heavy atom. The van der Waals surface area contributed by atoms with Gasteiger partial charge in [-0.3, -0.25) is 9.59 Å². The van der Waals surface area contributed by atoms with Crippen LogP contribution in [0.25, 0.3) is 0 Å². The van der Waals surface area contributed by atoms with Crippen molar-refractivity contribution in [3.63, 3.8) is 0 Å². The molecule has 1 N–H and O–H groups in total. The van der Waals surface area contributed by atoms with Crippen molar-refractivity contribution in [3.05, 3.63) is 69.7 Å². The second-order valence-electron chi connectivity index (χ2n) is 7.31. The molecule has 2 amide bonds. The van der Waals surface area contributed by atoms with E-state index in [0.717, 1.165) is 24.0 Å². The predicted molar refractivity (Wildman–Crippen MR) is 124 cm³/mol. The molecule has 0 aliphatic carbocycles. The van der Waals surface area contributed by atoms with Gasteiger partial charge in [-0.05, 0) is 42.5 Å². The van der Waals surface area contributed by atoms with Crippen molar-refractivity contribution in [3.8, 4) is 0 Å². The number of benzene rings is 2. The summed E-state index contributed by atoms with van der Waals surface area (Å²) in [4.78, 5) is 27.7. The smallest absolute Gasteiger partial charge is 0.242 e. The normalized spacial score (nSPS) is 11.7. The summed E-state index contributed by atoms with van der Waals surface area (Å²) in [7, 11) is 0. The van der Waals surface area contributed by atoms with Crippen LogP contribution in [0, 0.1) is 0 Å². The zero-order valence-corrected chi connectivity index (χ0v) is 19.2. The molecule has 0 spiro atoms. The summed E-state index contributed by atoms with van der Waals surface area (Å²) in [5, 5.41) is 3.99. The Morgan fingerprint density at radius 2 is 1.80 bits per heavy atom. The molecule has 2 rings (SSSR count). The van der Waals surface area contributed by atoms with Crippen molar-refractivity contribution in [1.82, 2.24) is 10.2 Å². The summed E-state index contributed by atoms with van der Waals surface area (Å²) in [5.74, 6) is -0.188. The van der Waals surface area contributed by atoms with E-state index < -0.39 is 6.04 Å². The van der Waals surface area contributed by atoms with E-state index in [4.69, 9.17) is 23.2 Å². The van der Waals surface area contributed by atoms with Crippen LogP contribution in [0.15, 0.2) is 48.5 Å². The maximum atomic E-state index is 13.2. The summed E-state index contributed by atoms with van der Waals surface area (Å²) in [6.45, 7) is 4.87. The van der Waals surface area contributed by atoms with E-state index in [1.807, 2.05) is 43.3 Å². The largest absolute Gasteiger partial charge is 0.354 e. The van der Waals surface area contributed by atoms with Crippen LogP contribution in [0.1, 0.15) is 50.7 Å². The lowest BCUT2D eigenvalue weighted by molar-refractivity contribution is -0.141. The zero-order chi connectivity index (χ0) is 21.9. The SMILES string of the molecule is CCCCNC(=O)[C@H](CC)N(Cc1ccc(Cl)cc1Cl)C(=O)CCc1ccccc1. The molecular formula is C24H30Cl2N2O2. The van der Waals surface area contributed by atoms with Crippen LogP contribution in [0.3, 0.4) is 0 Å². The number of halogens is 2. The Balaban J connectivity index is 2.20. The number of nitrogens with zero attached hydrogens (tertiary/aromatic N) is 1. The highest BCUT2D eigenvalue weighted by molar-refractivity contribution is 6.35. The van der Waals surface area contributed by atoms with Crippen molar-refractivity contribution in [2.45, 2.75) is 58.5 Å². The first kappa shape index (κ1) is 24.2. The number of unbranched alkanes of at least 4 members (excludes halogenated alkanes) is 1. The minimum atomic E-state index is -0.545. The third kappa shape index (κ3) is 7.33. The average molecular weight is 449 g/mol. The van der Waals surface area contributed by atoms with Crippen molar-refractivity contribution in [2.24, 2.45) is 0 Å². The molecule has 162 valence electrons. The third-order valence-corrected chi connectivity index (χ3v) is 5.63. The molecule has 0 radical (unpaired) electrons. The number of aryl methyl sites for hydroxylation is 1. The fourth-order valence-corrected chi connectivity index (χ4v) is 3.77. The van der Waals surface area contributed by atoms with Crippen LogP contribution in [0.4, 0.5) is 0 Å². The van der Waals surface area contributed by atoms with Gasteiger partial charge in [0.15, 0.2) is 0 Å². The number of amides is 2. The lowest BCUT2D eigenvalue weighted by Gasteiger charge is -2.31. The first-order valence-electron chi connectivity index (χ1n) is 10.5. The van der Waals surface area contributed by atoms with Gasteiger partial charge in [-0.15, -0.1) is 0 Å². The van der Waals surface area contributed by atoms with Gasteiger partial charge in [0.25, 0.3) is 0 Å². The minimum absolute atomic E-state index is 0.0673. The Bertz CT molecular complexity index is 827. The number of carbonyl (C=O) groups excluding carboxylic acids is 2. The zero-order valence-electron chi connectivity index (χ0n) is 17.7. The minimum Gasteiger partial charge on any atom is -0.354 e. The average Bonchev–Trinajstić information content (AvgIpc) is 2.74. The lowest BCUT2D eigenvalue weighted by Crippen LogP contribution is -2.49. The van der Waals surface area contributed by atoms with Crippen molar-refractivity contribution in [2.75, 3.05) is 6.54 Å². The van der Waals surface area contributed by atoms with E-state index in [1.165, 1.54) is 0 Å². The molecule has 2 aromatic rings. The maximum absolute atomic E-state index is 13.2. The summed E-state index contributed by atoms with van der Waals surface area (Å²) in [5.41, 5.74) is 1.87. The third-order valence-electron chi connectivity index (χ3n) is 5.04. The number of carbonyl (C=O) groups is 2. The number of rotatable bonds is 11. The van der Waals surface area contributed by atoms with Crippen molar-refractivity contribution >= 4 is 35.0 Å².